The SMILES string of the molecule is N#Cc1ccc(-c2cccc3c4ccccc4n(-c4cc(-c5ccc6oc7ccccc7c6c5)nc(-c5ccc6c(c5)c5ccccc5n6-c5ccccc5)n4)c23)cc1. The van der Waals surface area contributed by atoms with Crippen molar-refractivity contribution in [2.45, 2.75) is 0 Å². The van der Waals surface area contributed by atoms with Crippen LogP contribution in [0.4, 0.5) is 0 Å². The maximum absolute atomic E-state index is 9.59. The van der Waals surface area contributed by atoms with E-state index >= 15 is 0 Å². The molecule has 0 aliphatic heterocycles. The van der Waals surface area contributed by atoms with Gasteiger partial charge < -0.3 is 8.98 Å². The number of fused-ring (bicyclic) bond motifs is 9. The highest BCUT2D eigenvalue weighted by Gasteiger charge is 2.21. The highest BCUT2D eigenvalue weighted by Crippen LogP contribution is 2.40. The van der Waals surface area contributed by atoms with Crippen molar-refractivity contribution in [2.24, 2.45) is 0 Å². The first kappa shape index (κ1) is 32.9. The molecule has 0 spiro atoms. The smallest absolute Gasteiger partial charge is 0.162 e. The van der Waals surface area contributed by atoms with E-state index in [1.54, 1.807) is 0 Å². The van der Waals surface area contributed by atoms with Crippen LogP contribution in [0, 0.1) is 11.3 Å². The Labute approximate surface area is 338 Å². The minimum Gasteiger partial charge on any atom is -0.456 e. The number of furan rings is 1. The second-order valence-electron chi connectivity index (χ2n) is 14.9. The van der Waals surface area contributed by atoms with Crippen LogP contribution < -0.4 is 0 Å². The summed E-state index contributed by atoms with van der Waals surface area (Å²) in [6, 6.07) is 67.2. The normalized spacial score (nSPS) is 11.7. The van der Waals surface area contributed by atoms with Crippen LogP contribution in [0.25, 0.3) is 111 Å². The highest BCUT2D eigenvalue weighted by atomic mass is 16.3. The summed E-state index contributed by atoms with van der Waals surface area (Å²) in [7, 11) is 0. The van der Waals surface area contributed by atoms with Gasteiger partial charge in [0.1, 0.15) is 17.0 Å². The van der Waals surface area contributed by atoms with Crippen LogP contribution in [0.15, 0.2) is 192 Å². The molecular formula is C53H31N5O. The average molecular weight is 754 g/mol. The van der Waals surface area contributed by atoms with E-state index in [0.717, 1.165) is 105 Å². The second kappa shape index (κ2) is 12.9. The van der Waals surface area contributed by atoms with Gasteiger partial charge in [0, 0.05) is 60.8 Å². The molecule has 0 saturated heterocycles. The van der Waals surface area contributed by atoms with E-state index in [4.69, 9.17) is 14.4 Å². The summed E-state index contributed by atoms with van der Waals surface area (Å²) in [6.07, 6.45) is 0. The Kier molecular flexibility index (Phi) is 7.19. The lowest BCUT2D eigenvalue weighted by Crippen LogP contribution is -2.03. The van der Waals surface area contributed by atoms with E-state index in [9.17, 15) is 5.26 Å². The largest absolute Gasteiger partial charge is 0.456 e. The number of para-hydroxylation sites is 5. The van der Waals surface area contributed by atoms with Gasteiger partial charge in [-0.2, -0.15) is 5.26 Å². The van der Waals surface area contributed by atoms with Crippen molar-refractivity contribution in [3.8, 4) is 51.3 Å². The number of benzene rings is 8. The molecule has 0 unspecified atom stereocenters. The van der Waals surface area contributed by atoms with Crippen LogP contribution in [0.2, 0.25) is 0 Å². The summed E-state index contributed by atoms with van der Waals surface area (Å²) in [5.41, 5.74) is 12.5. The zero-order valence-electron chi connectivity index (χ0n) is 31.5. The summed E-state index contributed by atoms with van der Waals surface area (Å²) >= 11 is 0. The van der Waals surface area contributed by atoms with E-state index in [0.29, 0.717) is 11.4 Å². The van der Waals surface area contributed by atoms with Gasteiger partial charge in [0.2, 0.25) is 0 Å². The first-order chi connectivity index (χ1) is 29.2. The fourth-order valence-corrected chi connectivity index (χ4v) is 8.89. The lowest BCUT2D eigenvalue weighted by Gasteiger charge is -2.14. The monoisotopic (exact) mass is 753 g/mol. The average Bonchev–Trinajstić information content (AvgIpc) is 3.96. The standard InChI is InChI=1S/C53H31N5O/c54-32-33-21-23-34(24-22-33)38-16-10-17-42-39-13-4-8-19-47(39)58(52(38)42)51-31-45(35-26-28-50-44(29-35)41-15-6-9-20-49(41)59-50)55-53(56-51)36-25-27-48-43(30-36)40-14-5-7-18-46(40)57(48)37-11-2-1-3-12-37/h1-31H. The van der Waals surface area contributed by atoms with E-state index in [-0.39, 0.29) is 0 Å². The van der Waals surface area contributed by atoms with Crippen molar-refractivity contribution in [1.29, 1.82) is 5.26 Å². The summed E-state index contributed by atoms with van der Waals surface area (Å²) in [4.78, 5) is 10.8. The molecule has 12 rings (SSSR count). The van der Waals surface area contributed by atoms with E-state index in [1.165, 1.54) is 0 Å². The van der Waals surface area contributed by atoms with E-state index in [1.807, 2.05) is 48.5 Å². The Balaban J connectivity index is 1.15. The molecule has 0 aliphatic carbocycles. The Morgan fingerprint density at radius 1 is 0.441 bits per heavy atom. The molecular weight excluding hydrogens is 723 g/mol. The topological polar surface area (TPSA) is 72.6 Å². The summed E-state index contributed by atoms with van der Waals surface area (Å²) < 4.78 is 10.8. The quantitative estimate of drug-likeness (QED) is 0.175. The molecule has 6 heteroatoms. The molecule has 0 aliphatic rings. The van der Waals surface area contributed by atoms with Gasteiger partial charge in [0.15, 0.2) is 5.82 Å². The fourth-order valence-electron chi connectivity index (χ4n) is 8.89. The maximum Gasteiger partial charge on any atom is 0.162 e. The third-order valence-electron chi connectivity index (χ3n) is 11.6. The van der Waals surface area contributed by atoms with Crippen LogP contribution in [0.3, 0.4) is 0 Å². The van der Waals surface area contributed by atoms with Gasteiger partial charge in [-0.05, 0) is 84.4 Å². The Hall–Kier alpha value is -8.27. The first-order valence-electron chi connectivity index (χ1n) is 19.6. The zero-order valence-corrected chi connectivity index (χ0v) is 31.5. The number of nitriles is 1. The number of aromatic nitrogens is 4. The van der Waals surface area contributed by atoms with Gasteiger partial charge in [-0.25, -0.2) is 9.97 Å². The summed E-state index contributed by atoms with van der Waals surface area (Å²) in [6.45, 7) is 0. The molecule has 0 bridgehead atoms. The number of hydrogen-bond acceptors (Lipinski definition) is 4. The predicted molar refractivity (Wildman–Crippen MR) is 239 cm³/mol. The van der Waals surface area contributed by atoms with Crippen LogP contribution in [0.5, 0.6) is 0 Å². The third kappa shape index (κ3) is 5.12. The van der Waals surface area contributed by atoms with Crippen molar-refractivity contribution >= 4 is 65.6 Å². The van der Waals surface area contributed by atoms with Gasteiger partial charge in [0.25, 0.3) is 0 Å². The predicted octanol–water partition coefficient (Wildman–Crippen LogP) is 13.4. The lowest BCUT2D eigenvalue weighted by atomic mass is 10.0. The summed E-state index contributed by atoms with van der Waals surface area (Å²) in [5.74, 6) is 1.37. The molecule has 4 aromatic heterocycles. The molecule has 4 heterocycles. The lowest BCUT2D eigenvalue weighted by molar-refractivity contribution is 0.669. The minimum absolute atomic E-state index is 0.620. The highest BCUT2D eigenvalue weighted by molar-refractivity contribution is 6.14. The second-order valence-corrected chi connectivity index (χ2v) is 14.9. The van der Waals surface area contributed by atoms with Crippen molar-refractivity contribution in [1.82, 2.24) is 19.1 Å². The van der Waals surface area contributed by atoms with Crippen molar-refractivity contribution in [2.75, 3.05) is 0 Å². The molecule has 0 amide bonds. The van der Waals surface area contributed by atoms with Crippen LogP contribution in [0.1, 0.15) is 5.56 Å². The van der Waals surface area contributed by atoms with Gasteiger partial charge in [-0.3, -0.25) is 4.57 Å². The number of nitrogens with zero attached hydrogens (tertiary/aromatic N) is 5. The van der Waals surface area contributed by atoms with Crippen LogP contribution >= 0.6 is 0 Å². The molecule has 0 radical (unpaired) electrons. The van der Waals surface area contributed by atoms with Crippen molar-refractivity contribution in [3.05, 3.63) is 194 Å². The van der Waals surface area contributed by atoms with Gasteiger partial charge >= 0.3 is 0 Å². The molecule has 0 saturated carbocycles. The van der Waals surface area contributed by atoms with Crippen LogP contribution in [-0.2, 0) is 0 Å². The molecule has 8 aromatic carbocycles. The molecule has 0 N–H and O–H groups in total. The Bertz CT molecular complexity index is 3680. The van der Waals surface area contributed by atoms with E-state index in [2.05, 4.69) is 155 Å². The van der Waals surface area contributed by atoms with Crippen LogP contribution in [-0.4, -0.2) is 19.1 Å². The summed E-state index contributed by atoms with van der Waals surface area (Å²) in [5, 5.41) is 16.2. The third-order valence-corrected chi connectivity index (χ3v) is 11.6. The van der Waals surface area contributed by atoms with Crippen molar-refractivity contribution < 1.29 is 4.42 Å². The molecule has 274 valence electrons. The fraction of sp³-hybridized carbons (Fsp3) is 0. The van der Waals surface area contributed by atoms with Crippen molar-refractivity contribution in [3.63, 3.8) is 0 Å². The molecule has 0 atom stereocenters. The molecule has 6 nitrogen and oxygen atoms in total. The van der Waals surface area contributed by atoms with E-state index < -0.39 is 0 Å². The maximum atomic E-state index is 9.59. The first-order valence-corrected chi connectivity index (χ1v) is 19.6. The Morgan fingerprint density at radius 3 is 1.88 bits per heavy atom. The minimum atomic E-state index is 0.620. The number of hydrogen-bond donors (Lipinski definition) is 0. The molecule has 12 aromatic rings. The zero-order chi connectivity index (χ0) is 39.0. The van der Waals surface area contributed by atoms with Gasteiger partial charge in [0.05, 0.1) is 39.4 Å². The Morgan fingerprint density at radius 2 is 1.07 bits per heavy atom. The van der Waals surface area contributed by atoms with Gasteiger partial charge in [-0.15, -0.1) is 0 Å². The molecule has 59 heavy (non-hydrogen) atoms. The molecule has 0 fully saturated rings. The van der Waals surface area contributed by atoms with Gasteiger partial charge in [-0.1, -0.05) is 103 Å². The number of rotatable bonds is 5.